The van der Waals surface area contributed by atoms with Crippen molar-refractivity contribution in [2.45, 2.75) is 39.5 Å². The van der Waals surface area contributed by atoms with Gasteiger partial charge in [0.25, 0.3) is 0 Å². The molecule has 1 saturated carbocycles. The first-order valence-electron chi connectivity index (χ1n) is 5.57. The molecule has 0 atom stereocenters. The molecule has 2 aliphatic carbocycles. The third-order valence-electron chi connectivity index (χ3n) is 3.37. The third-order valence-corrected chi connectivity index (χ3v) is 3.37. The van der Waals surface area contributed by atoms with Crippen LogP contribution in [-0.4, -0.2) is 5.78 Å². The molecule has 0 amide bonds. The molecule has 0 radical (unpaired) electrons. The average molecular weight is 190 g/mol. The molecule has 0 saturated heterocycles. The van der Waals surface area contributed by atoms with Crippen molar-refractivity contribution in [1.29, 1.82) is 0 Å². The van der Waals surface area contributed by atoms with Crippen LogP contribution in [-0.2, 0) is 4.79 Å². The Bertz CT molecular complexity index is 303. The van der Waals surface area contributed by atoms with E-state index in [0.717, 1.165) is 25.7 Å². The number of carbonyl (C=O) groups excluding carboxylic acids is 1. The quantitative estimate of drug-likeness (QED) is 0.667. The molecule has 0 heterocycles. The smallest absolute Gasteiger partial charge is 0.145 e. The summed E-state index contributed by atoms with van der Waals surface area (Å²) in [6, 6.07) is 0. The highest BCUT2D eigenvalue weighted by Gasteiger charge is 2.52. The highest BCUT2D eigenvalue weighted by Crippen LogP contribution is 2.55. The summed E-state index contributed by atoms with van der Waals surface area (Å²) in [7, 11) is 0. The van der Waals surface area contributed by atoms with Crippen molar-refractivity contribution in [2.24, 2.45) is 11.3 Å². The van der Waals surface area contributed by atoms with Crippen LogP contribution >= 0.6 is 0 Å². The number of hydrogen-bond donors (Lipinski definition) is 0. The van der Waals surface area contributed by atoms with Crippen molar-refractivity contribution >= 4 is 5.78 Å². The fourth-order valence-electron chi connectivity index (χ4n) is 2.40. The summed E-state index contributed by atoms with van der Waals surface area (Å²) in [6.45, 7) is 4.03. The molecule has 0 spiro atoms. The van der Waals surface area contributed by atoms with Crippen molar-refractivity contribution in [1.82, 2.24) is 0 Å². The Balaban J connectivity index is 2.20. The van der Waals surface area contributed by atoms with Gasteiger partial charge in [-0.1, -0.05) is 37.6 Å². The molecule has 2 aliphatic rings. The Hall–Kier alpha value is -0.850. The Morgan fingerprint density at radius 3 is 2.57 bits per heavy atom. The predicted octanol–water partition coefficient (Wildman–Crippen LogP) is 3.27. The average Bonchev–Trinajstić information content (AvgIpc) is 2.99. The van der Waals surface area contributed by atoms with E-state index < -0.39 is 0 Å². The van der Waals surface area contributed by atoms with E-state index >= 15 is 0 Å². The van der Waals surface area contributed by atoms with E-state index in [1.54, 1.807) is 0 Å². The summed E-state index contributed by atoms with van der Waals surface area (Å²) in [5.41, 5.74) is 1.36. The van der Waals surface area contributed by atoms with E-state index in [2.05, 4.69) is 18.2 Å². The van der Waals surface area contributed by atoms with Gasteiger partial charge in [-0.3, -0.25) is 4.79 Å². The number of Topliss-reactive ketones (excluding diaryl/α,β-unsaturated/α-hetero) is 1. The first-order chi connectivity index (χ1) is 6.67. The zero-order valence-electron chi connectivity index (χ0n) is 9.05. The number of ketones is 1. The maximum atomic E-state index is 12.1. The molecular formula is C13H18O. The highest BCUT2D eigenvalue weighted by atomic mass is 16.1. The minimum Gasteiger partial charge on any atom is -0.298 e. The maximum absolute atomic E-state index is 12.1. The Labute approximate surface area is 85.9 Å². The second-order valence-electron chi connectivity index (χ2n) is 4.76. The zero-order valence-corrected chi connectivity index (χ0v) is 9.05. The number of carbonyl (C=O) groups is 1. The number of rotatable bonds is 3. The summed E-state index contributed by atoms with van der Waals surface area (Å²) in [5.74, 6) is 0.642. The molecule has 0 aromatic rings. The van der Waals surface area contributed by atoms with Gasteiger partial charge < -0.3 is 0 Å². The minimum absolute atomic E-state index is 0.0288. The molecule has 0 unspecified atom stereocenters. The Morgan fingerprint density at radius 1 is 1.43 bits per heavy atom. The van der Waals surface area contributed by atoms with Crippen LogP contribution in [0, 0.1) is 11.3 Å². The van der Waals surface area contributed by atoms with Gasteiger partial charge in [-0.2, -0.15) is 0 Å². The van der Waals surface area contributed by atoms with Crippen LogP contribution in [0.25, 0.3) is 0 Å². The van der Waals surface area contributed by atoms with E-state index in [1.807, 2.05) is 13.8 Å². The summed E-state index contributed by atoms with van der Waals surface area (Å²) in [4.78, 5) is 12.1. The first-order valence-corrected chi connectivity index (χ1v) is 5.57. The van der Waals surface area contributed by atoms with Gasteiger partial charge in [-0.05, 0) is 25.7 Å². The molecule has 0 bridgehead atoms. The SMILES string of the molecule is CC(C)C(=O)C1(C2=CC=CCC2)CC1. The lowest BCUT2D eigenvalue weighted by atomic mass is 9.82. The molecule has 1 heteroatoms. The van der Waals surface area contributed by atoms with Crippen LogP contribution in [0.2, 0.25) is 0 Å². The largest absolute Gasteiger partial charge is 0.298 e. The summed E-state index contributed by atoms with van der Waals surface area (Å²) >= 11 is 0. The van der Waals surface area contributed by atoms with Gasteiger partial charge >= 0.3 is 0 Å². The highest BCUT2D eigenvalue weighted by molar-refractivity contribution is 5.92. The molecule has 76 valence electrons. The van der Waals surface area contributed by atoms with E-state index in [0.29, 0.717) is 5.78 Å². The van der Waals surface area contributed by atoms with E-state index in [-0.39, 0.29) is 11.3 Å². The summed E-state index contributed by atoms with van der Waals surface area (Å²) < 4.78 is 0. The molecule has 0 aromatic heterocycles. The van der Waals surface area contributed by atoms with Gasteiger partial charge in [0, 0.05) is 5.92 Å². The fourth-order valence-corrected chi connectivity index (χ4v) is 2.40. The van der Waals surface area contributed by atoms with Gasteiger partial charge in [-0.15, -0.1) is 0 Å². The summed E-state index contributed by atoms with van der Waals surface area (Å²) in [6.07, 6.45) is 10.8. The normalized spacial score (nSPS) is 23.5. The zero-order chi connectivity index (χ0) is 10.2. The fraction of sp³-hybridized carbons (Fsp3) is 0.615. The topological polar surface area (TPSA) is 17.1 Å². The van der Waals surface area contributed by atoms with Gasteiger partial charge in [-0.25, -0.2) is 0 Å². The van der Waals surface area contributed by atoms with Gasteiger partial charge in [0.05, 0.1) is 5.41 Å². The lowest BCUT2D eigenvalue weighted by Gasteiger charge is -2.21. The van der Waals surface area contributed by atoms with Gasteiger partial charge in [0.15, 0.2) is 0 Å². The Kier molecular flexibility index (Phi) is 2.34. The molecule has 0 N–H and O–H groups in total. The molecule has 2 rings (SSSR count). The Morgan fingerprint density at radius 2 is 2.14 bits per heavy atom. The van der Waals surface area contributed by atoms with Crippen LogP contribution in [0.5, 0.6) is 0 Å². The second kappa shape index (κ2) is 3.38. The number of allylic oxidation sites excluding steroid dienone is 4. The monoisotopic (exact) mass is 190 g/mol. The molecule has 1 nitrogen and oxygen atoms in total. The molecule has 14 heavy (non-hydrogen) atoms. The number of hydrogen-bond acceptors (Lipinski definition) is 1. The van der Waals surface area contributed by atoms with Crippen molar-refractivity contribution in [3.05, 3.63) is 23.8 Å². The van der Waals surface area contributed by atoms with Gasteiger partial charge in [0.2, 0.25) is 0 Å². The molecule has 0 aromatic carbocycles. The first kappa shape index (κ1) is 9.70. The lowest BCUT2D eigenvalue weighted by Crippen LogP contribution is -2.23. The van der Waals surface area contributed by atoms with Crippen LogP contribution in [0.15, 0.2) is 23.8 Å². The molecular weight excluding hydrogens is 172 g/mol. The second-order valence-corrected chi connectivity index (χ2v) is 4.76. The third kappa shape index (κ3) is 1.45. The van der Waals surface area contributed by atoms with Crippen molar-refractivity contribution < 1.29 is 4.79 Å². The van der Waals surface area contributed by atoms with E-state index in [4.69, 9.17) is 0 Å². The molecule has 0 aliphatic heterocycles. The standard InChI is InChI=1S/C13H18O/c1-10(2)12(14)13(8-9-13)11-6-4-3-5-7-11/h3-4,6,10H,5,7-9H2,1-2H3. The summed E-state index contributed by atoms with van der Waals surface area (Å²) in [5, 5.41) is 0. The van der Waals surface area contributed by atoms with Gasteiger partial charge in [0.1, 0.15) is 5.78 Å². The van der Waals surface area contributed by atoms with Crippen LogP contribution in [0.3, 0.4) is 0 Å². The lowest BCUT2D eigenvalue weighted by molar-refractivity contribution is -0.125. The van der Waals surface area contributed by atoms with Crippen LogP contribution in [0.1, 0.15) is 39.5 Å². The van der Waals surface area contributed by atoms with Crippen molar-refractivity contribution in [2.75, 3.05) is 0 Å². The van der Waals surface area contributed by atoms with Crippen molar-refractivity contribution in [3.63, 3.8) is 0 Å². The minimum atomic E-state index is -0.0288. The molecule has 1 fully saturated rings. The maximum Gasteiger partial charge on any atom is 0.145 e. The van der Waals surface area contributed by atoms with Crippen LogP contribution in [0.4, 0.5) is 0 Å². The van der Waals surface area contributed by atoms with E-state index in [9.17, 15) is 4.79 Å². The predicted molar refractivity (Wildman–Crippen MR) is 58.0 cm³/mol. The van der Waals surface area contributed by atoms with Crippen molar-refractivity contribution in [3.8, 4) is 0 Å². The van der Waals surface area contributed by atoms with Crippen LogP contribution < -0.4 is 0 Å². The van der Waals surface area contributed by atoms with E-state index in [1.165, 1.54) is 5.57 Å².